The maximum atomic E-state index is 13.9. The summed E-state index contributed by atoms with van der Waals surface area (Å²) in [5.41, 5.74) is -2.02. The minimum absolute atomic E-state index is 0.0544. The van der Waals surface area contributed by atoms with Crippen LogP contribution in [0.5, 0.6) is 0 Å². The Bertz CT molecular complexity index is 1680. The van der Waals surface area contributed by atoms with Gasteiger partial charge < -0.3 is 83.9 Å². The van der Waals surface area contributed by atoms with Gasteiger partial charge in [0.1, 0.15) is 66.8 Å². The van der Waals surface area contributed by atoms with Crippen LogP contribution in [-0.4, -0.2) is 169 Å². The summed E-state index contributed by atoms with van der Waals surface area (Å²) in [6.07, 6.45) is -11.7. The molecule has 8 rings (SSSR count). The highest BCUT2D eigenvalue weighted by molar-refractivity contribution is 5.62. The zero-order valence-corrected chi connectivity index (χ0v) is 37.8. The molecule has 360 valence electrons. The molecule has 17 heteroatoms. The number of carbonyl (C=O) groups excluding carboxylic acids is 1. The molecular weight excluding hydrogens is 824 g/mol. The van der Waals surface area contributed by atoms with Crippen molar-refractivity contribution >= 4 is 6.29 Å². The van der Waals surface area contributed by atoms with Gasteiger partial charge in [0, 0.05) is 11.8 Å². The van der Waals surface area contributed by atoms with Crippen LogP contribution < -0.4 is 0 Å². The fourth-order valence-corrected chi connectivity index (χ4v) is 14.5. The highest BCUT2D eigenvalue weighted by Gasteiger charge is 2.72. The predicted octanol–water partition coefficient (Wildman–Crippen LogP) is 0.794. The molecule has 0 bridgehead atoms. The highest BCUT2D eigenvalue weighted by atomic mass is 16.8. The van der Waals surface area contributed by atoms with E-state index in [4.69, 9.17) is 33.2 Å². The molecule has 0 amide bonds. The summed E-state index contributed by atoms with van der Waals surface area (Å²) in [5.74, 6) is -0.0527. The van der Waals surface area contributed by atoms with Gasteiger partial charge in [-0.05, 0) is 112 Å². The first-order valence-corrected chi connectivity index (χ1v) is 23.3. The normalized spacial score (nSPS) is 55.6. The average molecular weight is 899 g/mol. The molecule has 19 unspecified atom stereocenters. The molecule has 4 aliphatic heterocycles. The van der Waals surface area contributed by atoms with Crippen molar-refractivity contribution in [3.63, 3.8) is 0 Å². The number of hydrogen-bond acceptors (Lipinski definition) is 17. The van der Waals surface area contributed by atoms with Gasteiger partial charge in [0.15, 0.2) is 25.2 Å². The minimum Gasteiger partial charge on any atom is -0.388 e. The van der Waals surface area contributed by atoms with Crippen LogP contribution in [0.3, 0.4) is 0 Å². The molecule has 4 aliphatic carbocycles. The van der Waals surface area contributed by atoms with Crippen LogP contribution in [0, 0.1) is 45.3 Å². The monoisotopic (exact) mass is 898 g/mol. The van der Waals surface area contributed by atoms with Crippen molar-refractivity contribution in [2.45, 2.75) is 210 Å². The van der Waals surface area contributed by atoms with Crippen LogP contribution in [0.2, 0.25) is 0 Å². The quantitative estimate of drug-likeness (QED) is 0.0881. The zero-order chi connectivity index (χ0) is 45.8. The molecule has 0 spiro atoms. The molecule has 8 fully saturated rings. The lowest BCUT2D eigenvalue weighted by Gasteiger charge is -2.69. The van der Waals surface area contributed by atoms with Gasteiger partial charge in [-0.15, -0.1) is 0 Å². The van der Waals surface area contributed by atoms with Crippen LogP contribution in [0.15, 0.2) is 11.6 Å². The van der Waals surface area contributed by atoms with Crippen molar-refractivity contribution in [2.24, 2.45) is 45.3 Å². The number of ether oxygens (including phenoxy) is 7. The lowest BCUT2D eigenvalue weighted by atomic mass is 9.35. The summed E-state index contributed by atoms with van der Waals surface area (Å²) in [6, 6.07) is 0. The number of aliphatic hydroxyl groups is 9. The van der Waals surface area contributed by atoms with E-state index in [0.29, 0.717) is 19.3 Å². The fraction of sp³-hybridized carbons (Fsp3) is 0.935. The van der Waals surface area contributed by atoms with Crippen LogP contribution >= 0.6 is 0 Å². The standard InChI is InChI=1S/C46H74O17/c1-21(2)16-23-17-46(56,41(55)60-23)25-10-13-43(6)24(25)8-9-29-44(43,7)14-11-28-42(4,5)30(12-15-45(28,29)20-47)61-40-37(63-39-35(54)33(52)31(50)22(3)59-39)36(27(49)19-58-40)62-38-34(53)32(51)26(48)18-57-38/h16,20,22-41,48-56H,8-15,17-19H2,1-7H3/t22?,23?,24?,25?,26?,27?,28?,29?,30-,31?,32?,33?,34?,35?,36?,37?,38?,39?,40?,41?,43+,44+,45+,46-/m0/s1. The Balaban J connectivity index is 1.04. The van der Waals surface area contributed by atoms with E-state index in [1.807, 2.05) is 19.9 Å². The van der Waals surface area contributed by atoms with Gasteiger partial charge in [-0.3, -0.25) is 0 Å². The molecule has 17 nitrogen and oxygen atoms in total. The van der Waals surface area contributed by atoms with E-state index in [9.17, 15) is 50.8 Å². The molecule has 4 saturated carbocycles. The summed E-state index contributed by atoms with van der Waals surface area (Å²) in [4.78, 5) is 13.9. The van der Waals surface area contributed by atoms with Crippen LogP contribution in [0.25, 0.3) is 0 Å². The van der Waals surface area contributed by atoms with Gasteiger partial charge >= 0.3 is 0 Å². The van der Waals surface area contributed by atoms with E-state index in [1.165, 1.54) is 13.2 Å². The van der Waals surface area contributed by atoms with Gasteiger partial charge in [0.25, 0.3) is 0 Å². The van der Waals surface area contributed by atoms with Crippen LogP contribution in [0.4, 0.5) is 0 Å². The van der Waals surface area contributed by atoms with Gasteiger partial charge in [-0.1, -0.05) is 39.3 Å². The first kappa shape index (κ1) is 48.2. The van der Waals surface area contributed by atoms with E-state index in [-0.39, 0.29) is 53.8 Å². The number of carbonyl (C=O) groups is 1. The molecule has 24 atom stereocenters. The maximum absolute atomic E-state index is 13.9. The molecule has 8 aliphatic rings. The Kier molecular flexibility index (Phi) is 13.3. The van der Waals surface area contributed by atoms with Crippen molar-refractivity contribution < 1.29 is 83.9 Å². The number of allylic oxidation sites excluding steroid dienone is 1. The second kappa shape index (κ2) is 17.4. The van der Waals surface area contributed by atoms with E-state index in [2.05, 4.69) is 27.7 Å². The van der Waals surface area contributed by atoms with Crippen molar-refractivity contribution in [2.75, 3.05) is 13.2 Å². The lowest BCUT2D eigenvalue weighted by Crippen LogP contribution is -2.67. The largest absolute Gasteiger partial charge is 0.388 e. The molecule has 0 aromatic carbocycles. The Labute approximate surface area is 370 Å². The van der Waals surface area contributed by atoms with Crippen LogP contribution in [-0.2, 0) is 38.0 Å². The Morgan fingerprint density at radius 1 is 0.635 bits per heavy atom. The molecule has 0 aromatic rings. The smallest absolute Gasteiger partial charge is 0.187 e. The molecule has 4 heterocycles. The zero-order valence-electron chi connectivity index (χ0n) is 37.8. The number of hydrogen-bond donors (Lipinski definition) is 9. The Hall–Kier alpha value is -1.23. The van der Waals surface area contributed by atoms with Gasteiger partial charge in [0.05, 0.1) is 31.5 Å². The summed E-state index contributed by atoms with van der Waals surface area (Å²) in [6.45, 7) is 13.7. The van der Waals surface area contributed by atoms with E-state index >= 15 is 0 Å². The summed E-state index contributed by atoms with van der Waals surface area (Å²) in [7, 11) is 0. The topological polar surface area (TPSA) is 264 Å². The SMILES string of the molecule is CC(C)=CC1C[C@](O)(C2CC[C@]3(C)C2CCC2[C@@]4(C=O)CC[C@H](OC5OCC(O)C(OC6OCC(O)C(O)C6O)C5OC5OC(C)C(O)C(O)C5O)C(C)(C)C4CC[C@]23C)C(O)O1. The minimum atomic E-state index is -1.73. The maximum Gasteiger partial charge on any atom is 0.187 e. The van der Waals surface area contributed by atoms with Crippen LogP contribution in [0.1, 0.15) is 106 Å². The number of fused-ring (bicyclic) bond motifs is 5. The highest BCUT2D eigenvalue weighted by Crippen LogP contribution is 2.76. The number of aldehydes is 1. The predicted molar refractivity (Wildman–Crippen MR) is 220 cm³/mol. The van der Waals surface area contributed by atoms with E-state index in [1.54, 1.807) is 0 Å². The summed E-state index contributed by atoms with van der Waals surface area (Å²) in [5, 5.41) is 98.1. The molecule has 0 aromatic heterocycles. The lowest BCUT2D eigenvalue weighted by molar-refractivity contribution is -0.383. The Morgan fingerprint density at radius 3 is 1.98 bits per heavy atom. The Morgan fingerprint density at radius 2 is 1.29 bits per heavy atom. The average Bonchev–Trinajstić information content (AvgIpc) is 3.73. The molecule has 63 heavy (non-hydrogen) atoms. The third-order valence-electron chi connectivity index (χ3n) is 18.1. The van der Waals surface area contributed by atoms with E-state index in [0.717, 1.165) is 44.1 Å². The molecule has 9 N–H and O–H groups in total. The second-order valence-electron chi connectivity index (χ2n) is 21.9. The second-order valence-corrected chi connectivity index (χ2v) is 21.9. The summed E-state index contributed by atoms with van der Waals surface area (Å²) < 4.78 is 42.7. The summed E-state index contributed by atoms with van der Waals surface area (Å²) >= 11 is 0. The third-order valence-corrected chi connectivity index (χ3v) is 18.1. The van der Waals surface area contributed by atoms with Crippen molar-refractivity contribution in [3.8, 4) is 0 Å². The first-order chi connectivity index (χ1) is 29.5. The number of rotatable bonds is 9. The third kappa shape index (κ3) is 7.73. The van der Waals surface area contributed by atoms with Gasteiger partial charge in [-0.25, -0.2) is 0 Å². The van der Waals surface area contributed by atoms with E-state index < -0.39 is 109 Å². The van der Waals surface area contributed by atoms with Crippen molar-refractivity contribution in [1.82, 2.24) is 0 Å². The molecular formula is C46H74O17. The van der Waals surface area contributed by atoms with Crippen molar-refractivity contribution in [1.29, 1.82) is 0 Å². The van der Waals surface area contributed by atoms with Gasteiger partial charge in [-0.2, -0.15) is 0 Å². The first-order valence-electron chi connectivity index (χ1n) is 23.3. The van der Waals surface area contributed by atoms with Gasteiger partial charge in [0.2, 0.25) is 0 Å². The number of aliphatic hydroxyl groups excluding tert-OH is 8. The molecule has 0 radical (unpaired) electrons. The van der Waals surface area contributed by atoms with Crippen molar-refractivity contribution in [3.05, 3.63) is 11.6 Å². The molecule has 4 saturated heterocycles. The fourth-order valence-electron chi connectivity index (χ4n) is 14.5.